The predicted molar refractivity (Wildman–Crippen MR) is 109 cm³/mol. The first-order chi connectivity index (χ1) is 12.9. The Morgan fingerprint density at radius 1 is 0.926 bits per heavy atom. The molecule has 136 valence electrons. The lowest BCUT2D eigenvalue weighted by Gasteiger charge is -2.10. The number of anilines is 2. The zero-order chi connectivity index (χ0) is 19.4. The smallest absolute Gasteiger partial charge is 0.323 e. The Morgan fingerprint density at radius 3 is 2.26 bits per heavy atom. The van der Waals surface area contributed by atoms with Crippen molar-refractivity contribution in [2.45, 2.75) is 0 Å². The number of urea groups is 1. The summed E-state index contributed by atoms with van der Waals surface area (Å²) < 4.78 is 0.783. The topological polar surface area (TPSA) is 104 Å². The molecule has 3 aromatic rings. The molecule has 0 bridgehead atoms. The molecular formula is C20H16BrN3O3. The van der Waals surface area contributed by atoms with Crippen LogP contribution in [0, 0.1) is 0 Å². The van der Waals surface area contributed by atoms with Gasteiger partial charge in [0.15, 0.2) is 0 Å². The van der Waals surface area contributed by atoms with Gasteiger partial charge in [0, 0.05) is 21.3 Å². The normalized spacial score (nSPS) is 10.3. The van der Waals surface area contributed by atoms with Crippen LogP contribution in [0.15, 0.2) is 71.2 Å². The lowest BCUT2D eigenvalue weighted by Crippen LogP contribution is -2.19. The molecule has 0 heterocycles. The SMILES string of the molecule is NC(=O)c1ccc(-c2ccc(NC(=O)Nc3ccccc3Br)cc2)c(O)c1. The highest BCUT2D eigenvalue weighted by Crippen LogP contribution is 2.30. The fourth-order valence-electron chi connectivity index (χ4n) is 2.51. The van der Waals surface area contributed by atoms with Crippen molar-refractivity contribution >= 4 is 39.2 Å². The van der Waals surface area contributed by atoms with Gasteiger partial charge >= 0.3 is 6.03 Å². The number of hydrogen-bond donors (Lipinski definition) is 4. The maximum atomic E-state index is 12.1. The van der Waals surface area contributed by atoms with Crippen molar-refractivity contribution in [2.24, 2.45) is 5.73 Å². The number of primary amides is 1. The third-order valence-electron chi connectivity index (χ3n) is 3.86. The van der Waals surface area contributed by atoms with Gasteiger partial charge in [-0.25, -0.2) is 4.79 Å². The molecule has 0 aliphatic rings. The van der Waals surface area contributed by atoms with E-state index in [0.29, 0.717) is 16.9 Å². The number of phenols is 1. The van der Waals surface area contributed by atoms with E-state index in [0.717, 1.165) is 10.0 Å². The summed E-state index contributed by atoms with van der Waals surface area (Å²) in [7, 11) is 0. The van der Waals surface area contributed by atoms with Gasteiger partial charge < -0.3 is 21.5 Å². The van der Waals surface area contributed by atoms with Crippen LogP contribution in [0.2, 0.25) is 0 Å². The van der Waals surface area contributed by atoms with E-state index in [2.05, 4.69) is 26.6 Å². The molecule has 0 aliphatic carbocycles. The van der Waals surface area contributed by atoms with E-state index in [1.54, 1.807) is 42.5 Å². The summed E-state index contributed by atoms with van der Waals surface area (Å²) in [6, 6.07) is 18.4. The zero-order valence-corrected chi connectivity index (χ0v) is 15.7. The van der Waals surface area contributed by atoms with Gasteiger partial charge in [0.05, 0.1) is 5.69 Å². The standard InChI is InChI=1S/C20H16BrN3O3/c21-16-3-1-2-4-17(16)24-20(27)23-14-8-5-12(6-9-14)15-10-7-13(19(22)26)11-18(15)25/h1-11,25H,(H2,22,26)(H2,23,24,27). The van der Waals surface area contributed by atoms with Gasteiger partial charge in [-0.2, -0.15) is 0 Å². The number of nitrogens with one attached hydrogen (secondary N) is 2. The molecule has 27 heavy (non-hydrogen) atoms. The molecule has 5 N–H and O–H groups in total. The second-order valence-corrected chi connectivity index (χ2v) is 6.59. The molecule has 0 spiro atoms. The Bertz CT molecular complexity index is 1000. The molecule has 0 saturated carbocycles. The van der Waals surface area contributed by atoms with Crippen molar-refractivity contribution in [3.05, 3.63) is 76.8 Å². The van der Waals surface area contributed by atoms with Crippen LogP contribution in [0.3, 0.4) is 0 Å². The second kappa shape index (κ2) is 7.92. The number of phenolic OH excluding ortho intramolecular Hbond substituents is 1. The van der Waals surface area contributed by atoms with Gasteiger partial charge in [0.2, 0.25) is 5.91 Å². The van der Waals surface area contributed by atoms with Gasteiger partial charge in [-0.15, -0.1) is 0 Å². The van der Waals surface area contributed by atoms with Crippen molar-refractivity contribution in [1.29, 1.82) is 0 Å². The number of amides is 3. The molecule has 0 aliphatic heterocycles. The number of para-hydroxylation sites is 1. The van der Waals surface area contributed by atoms with Crippen LogP contribution in [-0.2, 0) is 0 Å². The summed E-state index contributed by atoms with van der Waals surface area (Å²) in [5.74, 6) is -0.647. The van der Waals surface area contributed by atoms with E-state index in [4.69, 9.17) is 5.73 Å². The highest BCUT2D eigenvalue weighted by Gasteiger charge is 2.09. The van der Waals surface area contributed by atoms with Crippen molar-refractivity contribution in [3.8, 4) is 16.9 Å². The fraction of sp³-hybridized carbons (Fsp3) is 0. The van der Waals surface area contributed by atoms with E-state index < -0.39 is 5.91 Å². The Labute approximate surface area is 164 Å². The number of benzene rings is 3. The van der Waals surface area contributed by atoms with Crippen molar-refractivity contribution in [2.75, 3.05) is 10.6 Å². The number of nitrogens with two attached hydrogens (primary N) is 1. The zero-order valence-electron chi connectivity index (χ0n) is 14.1. The average molecular weight is 426 g/mol. The molecular weight excluding hydrogens is 410 g/mol. The number of rotatable bonds is 4. The summed E-state index contributed by atoms with van der Waals surface area (Å²) in [5, 5.41) is 15.6. The Hall–Kier alpha value is -3.32. The minimum atomic E-state index is -0.604. The van der Waals surface area contributed by atoms with Crippen molar-refractivity contribution < 1.29 is 14.7 Å². The molecule has 0 unspecified atom stereocenters. The van der Waals surface area contributed by atoms with Crippen LogP contribution in [-0.4, -0.2) is 17.0 Å². The lowest BCUT2D eigenvalue weighted by atomic mass is 10.0. The Morgan fingerprint density at radius 2 is 1.63 bits per heavy atom. The van der Waals surface area contributed by atoms with Crippen molar-refractivity contribution in [1.82, 2.24) is 0 Å². The predicted octanol–water partition coefficient (Wildman–Crippen LogP) is 4.56. The fourth-order valence-corrected chi connectivity index (χ4v) is 2.89. The van der Waals surface area contributed by atoms with Crippen LogP contribution in [0.4, 0.5) is 16.2 Å². The number of aromatic hydroxyl groups is 1. The maximum Gasteiger partial charge on any atom is 0.323 e. The molecule has 0 fully saturated rings. The highest BCUT2D eigenvalue weighted by atomic mass is 79.9. The highest BCUT2D eigenvalue weighted by molar-refractivity contribution is 9.10. The van der Waals surface area contributed by atoms with Gasteiger partial charge in [0.25, 0.3) is 0 Å². The van der Waals surface area contributed by atoms with Crippen molar-refractivity contribution in [3.63, 3.8) is 0 Å². The van der Waals surface area contributed by atoms with E-state index >= 15 is 0 Å². The first-order valence-electron chi connectivity index (χ1n) is 8.00. The minimum Gasteiger partial charge on any atom is -0.507 e. The quantitative estimate of drug-likeness (QED) is 0.492. The largest absolute Gasteiger partial charge is 0.507 e. The minimum absolute atomic E-state index is 0.0429. The summed E-state index contributed by atoms with van der Waals surface area (Å²) in [5.41, 5.74) is 7.99. The van der Waals surface area contributed by atoms with Crippen LogP contribution < -0.4 is 16.4 Å². The summed E-state index contributed by atoms with van der Waals surface area (Å²) in [4.78, 5) is 23.3. The van der Waals surface area contributed by atoms with Gasteiger partial charge in [-0.05, 0) is 64.0 Å². The average Bonchev–Trinajstić information content (AvgIpc) is 2.64. The molecule has 3 rings (SSSR count). The van der Waals surface area contributed by atoms with Gasteiger partial charge in [0.1, 0.15) is 5.75 Å². The van der Waals surface area contributed by atoms with Gasteiger partial charge in [-0.1, -0.05) is 24.3 Å². The molecule has 7 heteroatoms. The van der Waals surface area contributed by atoms with E-state index in [-0.39, 0.29) is 17.3 Å². The third kappa shape index (κ3) is 4.45. The number of carbonyl (C=O) groups is 2. The first kappa shape index (κ1) is 18.5. The monoisotopic (exact) mass is 425 g/mol. The molecule has 0 aromatic heterocycles. The van der Waals surface area contributed by atoms with E-state index in [9.17, 15) is 14.7 Å². The molecule has 6 nitrogen and oxygen atoms in total. The summed E-state index contributed by atoms with van der Waals surface area (Å²) >= 11 is 3.37. The first-order valence-corrected chi connectivity index (χ1v) is 8.79. The third-order valence-corrected chi connectivity index (χ3v) is 4.55. The van der Waals surface area contributed by atoms with Crippen LogP contribution >= 0.6 is 15.9 Å². The Balaban J connectivity index is 1.71. The summed E-state index contributed by atoms with van der Waals surface area (Å²) in [6.07, 6.45) is 0. The number of carbonyl (C=O) groups excluding carboxylic acids is 2. The van der Waals surface area contributed by atoms with Gasteiger partial charge in [-0.3, -0.25) is 4.79 Å². The van der Waals surface area contributed by atoms with E-state index in [1.165, 1.54) is 6.07 Å². The number of halogens is 1. The Kier molecular flexibility index (Phi) is 5.42. The van der Waals surface area contributed by atoms with E-state index in [1.807, 2.05) is 18.2 Å². The van der Waals surface area contributed by atoms with Crippen LogP contribution in [0.5, 0.6) is 5.75 Å². The summed E-state index contributed by atoms with van der Waals surface area (Å²) in [6.45, 7) is 0. The molecule has 3 aromatic carbocycles. The molecule has 0 saturated heterocycles. The molecule has 3 amide bonds. The number of hydrogen-bond acceptors (Lipinski definition) is 3. The molecule has 0 radical (unpaired) electrons. The lowest BCUT2D eigenvalue weighted by molar-refractivity contribution is 0.1000. The second-order valence-electron chi connectivity index (χ2n) is 5.73. The van der Waals surface area contributed by atoms with Crippen LogP contribution in [0.1, 0.15) is 10.4 Å². The maximum absolute atomic E-state index is 12.1. The molecule has 0 atom stereocenters. The van der Waals surface area contributed by atoms with Crippen LogP contribution in [0.25, 0.3) is 11.1 Å².